The van der Waals surface area contributed by atoms with Gasteiger partial charge in [-0.05, 0) is 32.1 Å². The van der Waals surface area contributed by atoms with Gasteiger partial charge in [-0.15, -0.1) is 0 Å². The van der Waals surface area contributed by atoms with Gasteiger partial charge in [-0.1, -0.05) is 6.92 Å². The summed E-state index contributed by atoms with van der Waals surface area (Å²) in [5.41, 5.74) is 0. The number of urea groups is 1. The Labute approximate surface area is 137 Å². The van der Waals surface area contributed by atoms with E-state index in [1.807, 2.05) is 0 Å². The molecule has 0 aromatic rings. The van der Waals surface area contributed by atoms with Crippen LogP contribution in [0.4, 0.5) is 4.79 Å². The summed E-state index contributed by atoms with van der Waals surface area (Å²) in [4.78, 5) is 22.6. The molecule has 0 bridgehead atoms. The molecule has 0 aromatic carbocycles. The van der Waals surface area contributed by atoms with Gasteiger partial charge in [0, 0.05) is 25.7 Å². The molecule has 1 rings (SSSR count). The summed E-state index contributed by atoms with van der Waals surface area (Å²) in [5, 5.41) is 14.5. The first-order chi connectivity index (χ1) is 10.7. The predicted molar refractivity (Wildman–Crippen MR) is 86.6 cm³/mol. The van der Waals surface area contributed by atoms with Crippen molar-refractivity contribution in [3.8, 4) is 0 Å². The summed E-state index contributed by atoms with van der Waals surface area (Å²) in [6, 6.07) is -0.278. The van der Waals surface area contributed by atoms with Gasteiger partial charge in [0.2, 0.25) is 10.0 Å². The fraction of sp³-hybridized carbons (Fsp3) is 0.857. The lowest BCUT2D eigenvalue weighted by Gasteiger charge is -2.26. The van der Waals surface area contributed by atoms with Crippen LogP contribution < -0.4 is 10.6 Å². The van der Waals surface area contributed by atoms with E-state index >= 15 is 0 Å². The molecule has 0 saturated heterocycles. The predicted octanol–water partition coefficient (Wildman–Crippen LogP) is 0.601. The number of amides is 2. The van der Waals surface area contributed by atoms with E-state index in [9.17, 15) is 18.0 Å². The highest BCUT2D eigenvalue weighted by atomic mass is 32.2. The monoisotopic (exact) mass is 349 g/mol. The number of aliphatic carboxylic acids is 1. The van der Waals surface area contributed by atoms with E-state index < -0.39 is 16.0 Å². The van der Waals surface area contributed by atoms with Gasteiger partial charge in [0.05, 0.1) is 12.2 Å². The SMILES string of the molecule is CCN(CCCNC(=O)NC1CCC(C(=O)O)CC1)S(C)(=O)=O. The minimum Gasteiger partial charge on any atom is -0.481 e. The van der Waals surface area contributed by atoms with E-state index in [2.05, 4.69) is 10.6 Å². The first-order valence-electron chi connectivity index (χ1n) is 7.96. The maximum absolute atomic E-state index is 11.8. The molecule has 0 spiro atoms. The van der Waals surface area contributed by atoms with Crippen molar-refractivity contribution in [2.24, 2.45) is 5.92 Å². The minimum absolute atomic E-state index is 0.00811. The molecule has 0 atom stereocenters. The smallest absolute Gasteiger partial charge is 0.315 e. The van der Waals surface area contributed by atoms with Gasteiger partial charge in [0.25, 0.3) is 0 Å². The molecule has 2 amide bonds. The molecule has 1 fully saturated rings. The zero-order valence-corrected chi connectivity index (χ0v) is 14.6. The molecule has 0 unspecified atom stereocenters. The number of carboxylic acid groups (broad SMARTS) is 1. The van der Waals surface area contributed by atoms with Gasteiger partial charge in [-0.3, -0.25) is 4.79 Å². The summed E-state index contributed by atoms with van der Waals surface area (Å²) in [6.45, 7) is 2.95. The Morgan fingerprint density at radius 3 is 2.30 bits per heavy atom. The molecule has 0 heterocycles. The second-order valence-electron chi connectivity index (χ2n) is 5.90. The molecule has 1 aliphatic carbocycles. The van der Waals surface area contributed by atoms with Crippen molar-refractivity contribution in [2.75, 3.05) is 25.9 Å². The molecule has 0 aliphatic heterocycles. The lowest BCUT2D eigenvalue weighted by molar-refractivity contribution is -0.142. The van der Waals surface area contributed by atoms with Crippen LogP contribution in [0.5, 0.6) is 0 Å². The van der Waals surface area contributed by atoms with Crippen LogP contribution in [0.1, 0.15) is 39.0 Å². The van der Waals surface area contributed by atoms with Crippen LogP contribution in [-0.4, -0.2) is 61.8 Å². The molecule has 3 N–H and O–H groups in total. The Bertz CT molecular complexity index is 501. The average Bonchev–Trinajstić information content (AvgIpc) is 2.46. The van der Waals surface area contributed by atoms with Crippen LogP contribution in [-0.2, 0) is 14.8 Å². The lowest BCUT2D eigenvalue weighted by Crippen LogP contribution is -2.44. The van der Waals surface area contributed by atoms with Crippen molar-refractivity contribution >= 4 is 22.0 Å². The zero-order valence-electron chi connectivity index (χ0n) is 13.7. The Kier molecular flexibility index (Phi) is 7.77. The summed E-state index contributed by atoms with van der Waals surface area (Å²) < 4.78 is 24.2. The first kappa shape index (κ1) is 19.7. The van der Waals surface area contributed by atoms with Crippen molar-refractivity contribution in [3.05, 3.63) is 0 Å². The lowest BCUT2D eigenvalue weighted by atomic mass is 9.86. The van der Waals surface area contributed by atoms with Crippen LogP contribution in [0.25, 0.3) is 0 Å². The van der Waals surface area contributed by atoms with Crippen LogP contribution in [0.15, 0.2) is 0 Å². The van der Waals surface area contributed by atoms with E-state index in [4.69, 9.17) is 5.11 Å². The summed E-state index contributed by atoms with van der Waals surface area (Å²) in [5.74, 6) is -1.06. The number of sulfonamides is 1. The van der Waals surface area contributed by atoms with E-state index in [-0.39, 0.29) is 18.0 Å². The third-order valence-electron chi connectivity index (χ3n) is 4.10. The van der Waals surface area contributed by atoms with Crippen molar-refractivity contribution in [1.82, 2.24) is 14.9 Å². The highest BCUT2D eigenvalue weighted by Gasteiger charge is 2.26. The highest BCUT2D eigenvalue weighted by Crippen LogP contribution is 2.24. The van der Waals surface area contributed by atoms with Crippen molar-refractivity contribution in [3.63, 3.8) is 0 Å². The molecule has 134 valence electrons. The number of rotatable bonds is 8. The van der Waals surface area contributed by atoms with Crippen LogP contribution in [0, 0.1) is 5.92 Å². The molecular formula is C14H27N3O5S. The Balaban J connectivity index is 2.19. The van der Waals surface area contributed by atoms with E-state index in [1.54, 1.807) is 6.92 Å². The van der Waals surface area contributed by atoms with Gasteiger partial charge in [-0.25, -0.2) is 17.5 Å². The summed E-state index contributed by atoms with van der Waals surface area (Å²) in [6.07, 6.45) is 4.22. The quantitative estimate of drug-likeness (QED) is 0.555. The van der Waals surface area contributed by atoms with Gasteiger partial charge >= 0.3 is 12.0 Å². The molecule has 0 radical (unpaired) electrons. The number of hydrogen-bond acceptors (Lipinski definition) is 4. The molecule has 1 aliphatic rings. The summed E-state index contributed by atoms with van der Waals surface area (Å²) in [7, 11) is -3.19. The number of carboxylic acids is 1. The maximum Gasteiger partial charge on any atom is 0.315 e. The number of nitrogens with zero attached hydrogens (tertiary/aromatic N) is 1. The largest absolute Gasteiger partial charge is 0.481 e. The van der Waals surface area contributed by atoms with Crippen LogP contribution in [0.3, 0.4) is 0 Å². The van der Waals surface area contributed by atoms with Crippen LogP contribution in [0.2, 0.25) is 0 Å². The van der Waals surface area contributed by atoms with Gasteiger partial charge < -0.3 is 15.7 Å². The normalized spacial score (nSPS) is 21.9. The number of nitrogens with one attached hydrogen (secondary N) is 2. The number of hydrogen-bond donors (Lipinski definition) is 3. The van der Waals surface area contributed by atoms with E-state index in [0.717, 1.165) is 0 Å². The van der Waals surface area contributed by atoms with Gasteiger partial charge in [0.1, 0.15) is 0 Å². The highest BCUT2D eigenvalue weighted by molar-refractivity contribution is 7.88. The third kappa shape index (κ3) is 7.17. The van der Waals surface area contributed by atoms with Crippen molar-refractivity contribution < 1.29 is 23.1 Å². The Morgan fingerprint density at radius 2 is 1.83 bits per heavy atom. The Hall–Kier alpha value is -1.35. The van der Waals surface area contributed by atoms with Gasteiger partial charge in [-0.2, -0.15) is 0 Å². The second-order valence-corrected chi connectivity index (χ2v) is 7.88. The fourth-order valence-electron chi connectivity index (χ4n) is 2.74. The first-order valence-corrected chi connectivity index (χ1v) is 9.81. The minimum atomic E-state index is -3.19. The van der Waals surface area contributed by atoms with Crippen molar-refractivity contribution in [1.29, 1.82) is 0 Å². The molecule has 23 heavy (non-hydrogen) atoms. The topological polar surface area (TPSA) is 116 Å². The fourth-order valence-corrected chi connectivity index (χ4v) is 3.67. The Morgan fingerprint density at radius 1 is 1.22 bits per heavy atom. The average molecular weight is 349 g/mol. The third-order valence-corrected chi connectivity index (χ3v) is 5.48. The molecular weight excluding hydrogens is 322 g/mol. The van der Waals surface area contributed by atoms with Crippen LogP contribution >= 0.6 is 0 Å². The second kappa shape index (κ2) is 9.07. The summed E-state index contributed by atoms with van der Waals surface area (Å²) >= 11 is 0. The molecule has 9 heteroatoms. The molecule has 1 saturated carbocycles. The molecule has 0 aromatic heterocycles. The maximum atomic E-state index is 11.8. The number of carbonyl (C=O) groups is 2. The van der Waals surface area contributed by atoms with Gasteiger partial charge in [0.15, 0.2) is 0 Å². The number of carbonyl (C=O) groups excluding carboxylic acids is 1. The van der Waals surface area contributed by atoms with E-state index in [1.165, 1.54) is 10.6 Å². The standard InChI is InChI=1S/C14H27N3O5S/c1-3-17(23(2,21)22)10-4-9-15-14(20)16-12-7-5-11(6-8-12)13(18)19/h11-12H,3-10H2,1-2H3,(H,18,19)(H2,15,16,20). The zero-order chi connectivity index (χ0) is 17.5. The van der Waals surface area contributed by atoms with Crippen molar-refractivity contribution in [2.45, 2.75) is 45.1 Å². The van der Waals surface area contributed by atoms with E-state index in [0.29, 0.717) is 51.7 Å². The molecule has 8 nitrogen and oxygen atoms in total.